The number of hydrogen-bond donors (Lipinski definition) is 3. The van der Waals surface area contributed by atoms with Gasteiger partial charge in [-0.2, -0.15) is 4.98 Å². The maximum Gasteiger partial charge on any atom is 0.243 e. The molecule has 6 nitrogen and oxygen atoms in total. The van der Waals surface area contributed by atoms with Gasteiger partial charge in [0.15, 0.2) is 5.65 Å². The molecule has 6 heteroatoms. The Kier molecular flexibility index (Phi) is 0.630. The molecule has 54 valence electrons. The van der Waals surface area contributed by atoms with E-state index in [1.165, 1.54) is 0 Å². The van der Waals surface area contributed by atoms with Crippen LogP contribution in [0.5, 0.6) is 0 Å². The predicted octanol–water partition coefficient (Wildman–Crippen LogP) is 0.162. The molecule has 0 atom stereocenters. The van der Waals surface area contributed by atoms with Crippen LogP contribution >= 0.6 is 0 Å². The third kappa shape index (κ3) is 0.529. The average molecular weight is 148 g/mol. The van der Waals surface area contributed by atoms with Crippen molar-refractivity contribution in [1.29, 1.82) is 0 Å². The third-order valence-corrected chi connectivity index (χ3v) is 1.53. The lowest BCUT2D eigenvalue weighted by Crippen LogP contribution is -1.87. The molecule has 3 N–H and O–H groups in total. The first-order valence-corrected chi connectivity index (χ1v) is 3.16. The Morgan fingerprint density at radius 1 is 1.18 bits per heavy atom. The van der Waals surface area contributed by atoms with Crippen molar-refractivity contribution in [3.8, 4) is 0 Å². The second kappa shape index (κ2) is 1.42. The van der Waals surface area contributed by atoms with Crippen LogP contribution in [0, 0.1) is 0 Å². The molecule has 3 aromatic heterocycles. The van der Waals surface area contributed by atoms with E-state index in [-0.39, 0.29) is 0 Å². The third-order valence-electron chi connectivity index (χ3n) is 1.53. The first-order chi connectivity index (χ1) is 5.42. The van der Waals surface area contributed by atoms with Crippen LogP contribution in [-0.2, 0) is 0 Å². The highest BCUT2D eigenvalue weighted by atomic mass is 15.3. The fourth-order valence-corrected chi connectivity index (χ4v) is 1.04. The van der Waals surface area contributed by atoms with Crippen molar-refractivity contribution in [3.05, 3.63) is 6.20 Å². The summed E-state index contributed by atoms with van der Waals surface area (Å²) in [5.74, 6) is 1.22. The van der Waals surface area contributed by atoms with E-state index in [2.05, 4.69) is 30.1 Å². The van der Waals surface area contributed by atoms with Crippen molar-refractivity contribution in [1.82, 2.24) is 30.1 Å². The quantitative estimate of drug-likeness (QED) is 0.424. The van der Waals surface area contributed by atoms with Gasteiger partial charge >= 0.3 is 0 Å². The second-order valence-electron chi connectivity index (χ2n) is 2.26. The van der Waals surface area contributed by atoms with Gasteiger partial charge in [0.1, 0.15) is 5.52 Å². The number of aromatic nitrogens is 6. The summed E-state index contributed by atoms with van der Waals surface area (Å²) in [4.78, 5) is 15.2. The van der Waals surface area contributed by atoms with E-state index in [0.717, 1.165) is 11.2 Å². The van der Waals surface area contributed by atoms with Crippen molar-refractivity contribution in [3.63, 3.8) is 0 Å². The van der Waals surface area contributed by atoms with Crippen molar-refractivity contribution in [2.75, 3.05) is 0 Å². The molecule has 0 aliphatic rings. The van der Waals surface area contributed by atoms with Crippen LogP contribution in [0.1, 0.15) is 0 Å². The fourth-order valence-electron chi connectivity index (χ4n) is 1.04. The molecule has 3 bridgehead atoms. The van der Waals surface area contributed by atoms with Crippen molar-refractivity contribution < 1.29 is 0 Å². The lowest BCUT2D eigenvalue weighted by atomic mass is 10.6. The Labute approximate surface area is 60.0 Å². The molecule has 0 unspecified atom stereocenters. The molecule has 3 aromatic rings. The Hall–Kier alpha value is -1.85. The summed E-state index contributed by atoms with van der Waals surface area (Å²) < 4.78 is 0. The maximum atomic E-state index is 4.12. The van der Waals surface area contributed by atoms with Crippen LogP contribution in [0.3, 0.4) is 0 Å². The number of hydrogen-bond acceptors (Lipinski definition) is 3. The molecular formula is C5H4N6. The molecule has 0 aliphatic carbocycles. The predicted molar refractivity (Wildman–Crippen MR) is 37.9 cm³/mol. The van der Waals surface area contributed by atoms with E-state index in [1.54, 1.807) is 6.20 Å². The van der Waals surface area contributed by atoms with Crippen LogP contribution in [0.15, 0.2) is 6.20 Å². The molecule has 3 heterocycles. The molecule has 0 radical (unpaired) electrons. The number of nitrogens with zero attached hydrogens (tertiary/aromatic N) is 3. The van der Waals surface area contributed by atoms with Gasteiger partial charge in [-0.3, -0.25) is 10.2 Å². The summed E-state index contributed by atoms with van der Waals surface area (Å²) in [5, 5.41) is 5.58. The van der Waals surface area contributed by atoms with Gasteiger partial charge in [-0.15, -0.1) is 0 Å². The Morgan fingerprint density at radius 2 is 2.18 bits per heavy atom. The van der Waals surface area contributed by atoms with Crippen LogP contribution in [0.25, 0.3) is 22.7 Å². The summed E-state index contributed by atoms with van der Waals surface area (Å²) in [5.41, 5.74) is 1.53. The summed E-state index contributed by atoms with van der Waals surface area (Å²) in [6.45, 7) is 0. The molecule has 0 aromatic carbocycles. The van der Waals surface area contributed by atoms with Gasteiger partial charge in [-0.05, 0) is 0 Å². The molecule has 0 aliphatic heterocycles. The lowest BCUT2D eigenvalue weighted by molar-refractivity contribution is 1.03. The van der Waals surface area contributed by atoms with Crippen LogP contribution in [0.4, 0.5) is 0 Å². The Morgan fingerprint density at radius 3 is 3.18 bits per heavy atom. The summed E-state index contributed by atoms with van der Waals surface area (Å²) in [7, 11) is 0. The zero-order valence-electron chi connectivity index (χ0n) is 5.42. The topological polar surface area (TPSA) is 86.0 Å². The van der Waals surface area contributed by atoms with Gasteiger partial charge < -0.3 is 4.98 Å². The maximum absolute atomic E-state index is 4.12. The minimum absolute atomic E-state index is 0.557. The lowest BCUT2D eigenvalue weighted by Gasteiger charge is -1.86. The van der Waals surface area contributed by atoms with Gasteiger partial charge in [0.05, 0.1) is 6.20 Å². The zero-order valence-corrected chi connectivity index (χ0v) is 5.42. The minimum Gasteiger partial charge on any atom is -0.307 e. The molecular weight excluding hydrogens is 144 g/mol. The van der Waals surface area contributed by atoms with Crippen LogP contribution < -0.4 is 0 Å². The Bertz CT molecular complexity index is 488. The monoisotopic (exact) mass is 148 g/mol. The number of imidazole rings is 1. The minimum atomic E-state index is 0.557. The van der Waals surface area contributed by atoms with Crippen molar-refractivity contribution in [2.24, 2.45) is 0 Å². The van der Waals surface area contributed by atoms with Gasteiger partial charge in [-0.25, -0.2) is 9.97 Å². The SMILES string of the molecule is c1nc2nc3[nH]c(nc13)[nH][nH]2. The first-order valence-electron chi connectivity index (χ1n) is 3.16. The van der Waals surface area contributed by atoms with Gasteiger partial charge in [0.25, 0.3) is 0 Å². The smallest absolute Gasteiger partial charge is 0.243 e. The van der Waals surface area contributed by atoms with Crippen molar-refractivity contribution in [2.45, 2.75) is 0 Å². The van der Waals surface area contributed by atoms with Crippen molar-refractivity contribution >= 4 is 22.7 Å². The molecule has 3 rings (SSSR count). The van der Waals surface area contributed by atoms with E-state index >= 15 is 0 Å². The van der Waals surface area contributed by atoms with E-state index in [1.807, 2.05) is 0 Å². The number of aromatic amines is 3. The molecule has 0 amide bonds. The number of nitrogens with one attached hydrogen (secondary N) is 3. The Balaban J connectivity index is 2.83. The number of rotatable bonds is 0. The summed E-state index contributed by atoms with van der Waals surface area (Å²) in [6.07, 6.45) is 1.67. The zero-order chi connectivity index (χ0) is 7.26. The van der Waals surface area contributed by atoms with E-state index in [4.69, 9.17) is 0 Å². The van der Waals surface area contributed by atoms with Gasteiger partial charge in [-0.1, -0.05) is 0 Å². The van der Waals surface area contributed by atoms with Crippen LogP contribution in [0.2, 0.25) is 0 Å². The highest BCUT2D eigenvalue weighted by Crippen LogP contribution is 2.07. The molecule has 0 fully saturated rings. The van der Waals surface area contributed by atoms with Crippen LogP contribution in [-0.4, -0.2) is 30.1 Å². The molecule has 0 spiro atoms. The molecule has 11 heavy (non-hydrogen) atoms. The summed E-state index contributed by atoms with van der Waals surface area (Å²) in [6, 6.07) is 0. The van der Waals surface area contributed by atoms with E-state index in [9.17, 15) is 0 Å². The molecule has 0 saturated heterocycles. The highest BCUT2D eigenvalue weighted by molar-refractivity contribution is 5.74. The van der Waals surface area contributed by atoms with Gasteiger partial charge in [0, 0.05) is 0 Å². The normalized spacial score (nSPS) is 11.6. The highest BCUT2D eigenvalue weighted by Gasteiger charge is 2.01. The summed E-state index contributed by atoms with van der Waals surface area (Å²) >= 11 is 0. The fraction of sp³-hybridized carbons (Fsp3) is 0. The van der Waals surface area contributed by atoms with E-state index < -0.39 is 0 Å². The van der Waals surface area contributed by atoms with E-state index in [0.29, 0.717) is 11.6 Å². The van der Waals surface area contributed by atoms with Gasteiger partial charge in [0.2, 0.25) is 11.6 Å². The second-order valence-corrected chi connectivity index (χ2v) is 2.26. The average Bonchev–Trinajstić information content (AvgIpc) is 2.29. The standard InChI is InChI=1S/C5H4N6/c1-2-3-8-4(6-1)10-11-5(7-2)9-3/h1H,(H3,6,7,8,9,10,11). The first kappa shape index (κ1) is 4.89. The largest absolute Gasteiger partial charge is 0.307 e. The molecule has 0 saturated carbocycles. The number of H-pyrrole nitrogens is 3. The number of fused-ring (bicyclic) bond motifs is 2.